The first-order chi connectivity index (χ1) is 16.4. The van der Waals surface area contributed by atoms with E-state index >= 15 is 0 Å². The fourth-order valence-corrected chi connectivity index (χ4v) is 5.54. The number of fused-ring (bicyclic) bond motifs is 1. The number of anilines is 1. The molecule has 0 N–H and O–H groups in total. The van der Waals surface area contributed by atoms with Gasteiger partial charge in [0.05, 0.1) is 10.5 Å². The molecule has 0 aliphatic carbocycles. The summed E-state index contributed by atoms with van der Waals surface area (Å²) in [7, 11) is 0. The van der Waals surface area contributed by atoms with Crippen molar-refractivity contribution in [2.75, 3.05) is 24.5 Å². The molecule has 0 spiro atoms. The van der Waals surface area contributed by atoms with E-state index in [1.165, 1.54) is 11.8 Å². The van der Waals surface area contributed by atoms with Crippen LogP contribution in [0.15, 0.2) is 34.1 Å². The van der Waals surface area contributed by atoms with Crippen LogP contribution in [0.1, 0.15) is 71.8 Å². The first-order valence-electron chi connectivity index (χ1n) is 12.5. The zero-order valence-corrected chi connectivity index (χ0v) is 22.4. The van der Waals surface area contributed by atoms with Gasteiger partial charge in [0.1, 0.15) is 15.8 Å². The average molecular weight is 501 g/mol. The molecule has 0 radical (unpaired) electrons. The Labute approximate surface area is 212 Å². The van der Waals surface area contributed by atoms with Crippen LogP contribution in [-0.4, -0.2) is 44.1 Å². The van der Waals surface area contributed by atoms with E-state index in [1.54, 1.807) is 21.6 Å². The molecular formula is C26H36N4O2S2. The van der Waals surface area contributed by atoms with Gasteiger partial charge in [0.2, 0.25) is 0 Å². The van der Waals surface area contributed by atoms with Gasteiger partial charge in [-0.1, -0.05) is 77.0 Å². The maximum absolute atomic E-state index is 13.5. The van der Waals surface area contributed by atoms with Crippen molar-refractivity contribution in [3.8, 4) is 0 Å². The first kappa shape index (κ1) is 26.4. The molecule has 0 bridgehead atoms. The predicted octanol–water partition coefficient (Wildman–Crippen LogP) is 5.74. The molecule has 8 heteroatoms. The Morgan fingerprint density at radius 1 is 1.12 bits per heavy atom. The fourth-order valence-electron chi connectivity index (χ4n) is 4.29. The van der Waals surface area contributed by atoms with Crippen molar-refractivity contribution in [1.82, 2.24) is 14.3 Å². The summed E-state index contributed by atoms with van der Waals surface area (Å²) in [4.78, 5) is 36.1. The van der Waals surface area contributed by atoms with Crippen LogP contribution in [0.25, 0.3) is 11.7 Å². The van der Waals surface area contributed by atoms with Gasteiger partial charge in [-0.25, -0.2) is 4.98 Å². The number of rotatable bonds is 12. The molecule has 184 valence electrons. The number of pyridine rings is 1. The SMILES string of the molecule is CCCC[C@H](CC)CN1C(=O)/C(=C/c2c(N(CCC)CCC)nc3ccccn3c2=O)SC1=S. The van der Waals surface area contributed by atoms with E-state index in [-0.39, 0.29) is 11.5 Å². The molecule has 1 fully saturated rings. The molecule has 1 atom stereocenters. The van der Waals surface area contributed by atoms with Gasteiger partial charge >= 0.3 is 0 Å². The largest absolute Gasteiger partial charge is 0.356 e. The zero-order chi connectivity index (χ0) is 24.7. The lowest BCUT2D eigenvalue weighted by atomic mass is 9.99. The Hall–Kier alpha value is -2.19. The van der Waals surface area contributed by atoms with Crippen molar-refractivity contribution in [2.24, 2.45) is 5.92 Å². The second kappa shape index (κ2) is 12.5. The minimum atomic E-state index is -0.169. The number of thiocarbonyl (C=S) groups is 1. The van der Waals surface area contributed by atoms with Crippen molar-refractivity contribution < 1.29 is 4.79 Å². The van der Waals surface area contributed by atoms with E-state index in [0.717, 1.165) is 51.6 Å². The van der Waals surface area contributed by atoms with Crippen LogP contribution in [0, 0.1) is 5.92 Å². The van der Waals surface area contributed by atoms with Gasteiger partial charge < -0.3 is 4.90 Å². The molecule has 1 aliphatic rings. The molecule has 0 unspecified atom stereocenters. The number of carbonyl (C=O) groups excluding carboxylic acids is 1. The molecule has 2 aromatic heterocycles. The number of nitrogens with zero attached hydrogens (tertiary/aromatic N) is 4. The van der Waals surface area contributed by atoms with Gasteiger partial charge in [-0.15, -0.1) is 0 Å². The minimum absolute atomic E-state index is 0.106. The van der Waals surface area contributed by atoms with Crippen molar-refractivity contribution in [3.05, 3.63) is 45.2 Å². The van der Waals surface area contributed by atoms with E-state index in [9.17, 15) is 9.59 Å². The summed E-state index contributed by atoms with van der Waals surface area (Å²) < 4.78 is 2.12. The zero-order valence-electron chi connectivity index (χ0n) is 20.7. The number of aromatic nitrogens is 2. The summed E-state index contributed by atoms with van der Waals surface area (Å²) in [6, 6.07) is 5.53. The highest BCUT2D eigenvalue weighted by Crippen LogP contribution is 2.34. The molecule has 2 aromatic rings. The lowest BCUT2D eigenvalue weighted by molar-refractivity contribution is -0.122. The Bertz CT molecular complexity index is 1110. The standard InChI is InChI=1S/C26H36N4O2S2/c1-5-9-12-19(8-4)18-30-25(32)21(34-26(30)33)17-20-23(28(14-6-2)15-7-3)27-22-13-10-11-16-29(22)24(20)31/h10-11,13,16-17,19H,5-9,12,14-15,18H2,1-4H3/b21-17-/t19-/m0/s1. The predicted molar refractivity (Wildman–Crippen MR) is 147 cm³/mol. The molecule has 0 saturated carbocycles. The van der Waals surface area contributed by atoms with E-state index in [0.29, 0.717) is 38.7 Å². The highest BCUT2D eigenvalue weighted by Gasteiger charge is 2.34. The molecular weight excluding hydrogens is 464 g/mol. The van der Waals surface area contributed by atoms with Crippen LogP contribution in [-0.2, 0) is 4.79 Å². The number of carbonyl (C=O) groups is 1. The summed E-state index contributed by atoms with van der Waals surface area (Å²) in [5, 5.41) is 0. The third-order valence-electron chi connectivity index (χ3n) is 6.17. The van der Waals surface area contributed by atoms with Crippen LogP contribution >= 0.6 is 24.0 Å². The summed E-state index contributed by atoms with van der Waals surface area (Å²) in [5.74, 6) is 0.959. The van der Waals surface area contributed by atoms with Crippen LogP contribution in [0.2, 0.25) is 0 Å². The van der Waals surface area contributed by atoms with Gasteiger partial charge in [0.25, 0.3) is 11.5 Å². The Balaban J connectivity index is 2.04. The number of unbranched alkanes of at least 4 members (excludes halogenated alkanes) is 1. The molecule has 3 rings (SSSR count). The summed E-state index contributed by atoms with van der Waals surface area (Å²) >= 11 is 6.87. The van der Waals surface area contributed by atoms with Gasteiger partial charge in [-0.2, -0.15) is 0 Å². The van der Waals surface area contributed by atoms with E-state index in [4.69, 9.17) is 17.2 Å². The van der Waals surface area contributed by atoms with E-state index < -0.39 is 0 Å². The maximum atomic E-state index is 13.5. The lowest BCUT2D eigenvalue weighted by Crippen LogP contribution is -2.33. The average Bonchev–Trinajstić information content (AvgIpc) is 3.10. The number of amides is 1. The van der Waals surface area contributed by atoms with Crippen LogP contribution in [0.4, 0.5) is 5.82 Å². The molecule has 1 saturated heterocycles. The second-order valence-corrected chi connectivity index (χ2v) is 10.5. The Morgan fingerprint density at radius 2 is 1.85 bits per heavy atom. The van der Waals surface area contributed by atoms with Crippen LogP contribution < -0.4 is 10.5 Å². The van der Waals surface area contributed by atoms with Crippen molar-refractivity contribution in [1.29, 1.82) is 0 Å². The smallest absolute Gasteiger partial charge is 0.267 e. The molecule has 34 heavy (non-hydrogen) atoms. The van der Waals surface area contributed by atoms with Crippen molar-refractivity contribution in [3.63, 3.8) is 0 Å². The normalized spacial score (nSPS) is 16.1. The molecule has 1 amide bonds. The van der Waals surface area contributed by atoms with Gasteiger partial charge in [0.15, 0.2) is 0 Å². The number of hydrogen-bond donors (Lipinski definition) is 0. The Kier molecular flexibility index (Phi) is 9.71. The highest BCUT2D eigenvalue weighted by atomic mass is 32.2. The van der Waals surface area contributed by atoms with Gasteiger partial charge in [0, 0.05) is 25.8 Å². The monoisotopic (exact) mass is 500 g/mol. The molecule has 1 aliphatic heterocycles. The molecule has 6 nitrogen and oxygen atoms in total. The minimum Gasteiger partial charge on any atom is -0.356 e. The summed E-state index contributed by atoms with van der Waals surface area (Å²) in [6.07, 6.45) is 9.71. The number of hydrogen-bond acceptors (Lipinski definition) is 6. The van der Waals surface area contributed by atoms with E-state index in [1.807, 2.05) is 18.2 Å². The fraction of sp³-hybridized carbons (Fsp3) is 0.538. The van der Waals surface area contributed by atoms with Crippen molar-refractivity contribution in [2.45, 2.75) is 66.2 Å². The Morgan fingerprint density at radius 3 is 2.50 bits per heavy atom. The van der Waals surface area contributed by atoms with Crippen molar-refractivity contribution >= 4 is 51.7 Å². The summed E-state index contributed by atoms with van der Waals surface area (Å²) in [5.41, 5.74) is 0.882. The topological polar surface area (TPSA) is 57.9 Å². The molecule has 0 aromatic carbocycles. The van der Waals surface area contributed by atoms with E-state index in [2.05, 4.69) is 32.6 Å². The third-order valence-corrected chi connectivity index (χ3v) is 7.55. The highest BCUT2D eigenvalue weighted by molar-refractivity contribution is 8.26. The first-order valence-corrected chi connectivity index (χ1v) is 13.7. The molecule has 3 heterocycles. The second-order valence-electron chi connectivity index (χ2n) is 8.78. The number of thioether (sulfide) groups is 1. The van der Waals surface area contributed by atoms with Crippen LogP contribution in [0.5, 0.6) is 0 Å². The quantitative estimate of drug-likeness (QED) is 0.274. The lowest BCUT2D eigenvalue weighted by Gasteiger charge is -2.24. The summed E-state index contributed by atoms with van der Waals surface area (Å²) in [6.45, 7) is 10.8. The third kappa shape index (κ3) is 5.89. The maximum Gasteiger partial charge on any atom is 0.267 e. The van der Waals surface area contributed by atoms with Gasteiger partial charge in [-0.05, 0) is 43.4 Å². The van der Waals surface area contributed by atoms with Gasteiger partial charge in [-0.3, -0.25) is 18.9 Å². The van der Waals surface area contributed by atoms with Crippen LogP contribution in [0.3, 0.4) is 0 Å².